The molecule has 1 amide bonds. The van der Waals surface area contributed by atoms with Crippen molar-refractivity contribution in [1.82, 2.24) is 5.32 Å². The van der Waals surface area contributed by atoms with E-state index in [0.717, 1.165) is 0 Å². The number of terminal acetylenes is 1. The largest absolute Gasteiger partial charge is 0.459 e. The van der Waals surface area contributed by atoms with Crippen LogP contribution in [-0.4, -0.2) is 80.2 Å². The number of hydrogen-bond acceptors (Lipinski definition) is 11. The summed E-state index contributed by atoms with van der Waals surface area (Å²) in [5.41, 5.74) is 0.775. The molecule has 4 aromatic carbocycles. The molecule has 54 heavy (non-hydrogen) atoms. The molecule has 5 rings (SSSR count). The minimum atomic E-state index is -1.54. The summed E-state index contributed by atoms with van der Waals surface area (Å²) in [6.07, 6.45) is -1.05. The SMILES string of the molecule is C#CCNC(=O)CCCCO[C@H]1OC(COC(=O)c2ccccc2)[C@@H](OC(=O)c2ccccc2)C(OC(=O)c2ccccc2)[C@H]1OC(=O)c1ccccc1. The molecule has 1 N–H and O–H groups in total. The molecule has 0 aliphatic carbocycles. The summed E-state index contributed by atoms with van der Waals surface area (Å²) in [5.74, 6) is -0.999. The molecule has 0 bridgehead atoms. The summed E-state index contributed by atoms with van der Waals surface area (Å²) in [6, 6.07) is 32.5. The fourth-order valence-electron chi connectivity index (χ4n) is 5.49. The number of esters is 4. The lowest BCUT2D eigenvalue weighted by Crippen LogP contribution is -2.63. The van der Waals surface area contributed by atoms with Crippen molar-refractivity contribution in [3.05, 3.63) is 144 Å². The molecule has 1 aliphatic heterocycles. The number of rotatable bonds is 16. The Balaban J connectivity index is 1.49. The predicted octanol–water partition coefficient (Wildman–Crippen LogP) is 5.18. The zero-order chi connectivity index (χ0) is 38.1. The average Bonchev–Trinajstić information content (AvgIpc) is 3.22. The molecule has 12 nitrogen and oxygen atoms in total. The standard InChI is InChI=1S/C42H39NO11/c1-2-26-43-34(44)25-15-16-27-49-42-37(54-41(48)32-23-13-6-14-24-32)36(53-40(47)31-21-11-5-12-22-31)35(52-39(46)30-19-9-4-10-20-30)33(51-42)28-50-38(45)29-17-7-3-8-18-29/h1,3-14,17-24,33,35-37,42H,15-16,25-28H2,(H,43,44)/t33?,35-,36?,37-,42+/m1/s1. The highest BCUT2D eigenvalue weighted by molar-refractivity contribution is 5.91. The van der Waals surface area contributed by atoms with Crippen LogP contribution in [0.15, 0.2) is 121 Å². The van der Waals surface area contributed by atoms with Crippen LogP contribution in [0.3, 0.4) is 0 Å². The average molecular weight is 734 g/mol. The highest BCUT2D eigenvalue weighted by Gasteiger charge is 2.53. The van der Waals surface area contributed by atoms with Gasteiger partial charge in [-0.05, 0) is 61.4 Å². The molecule has 1 fully saturated rings. The van der Waals surface area contributed by atoms with E-state index in [9.17, 15) is 24.0 Å². The molecule has 278 valence electrons. The van der Waals surface area contributed by atoms with E-state index in [2.05, 4.69) is 11.2 Å². The maximum Gasteiger partial charge on any atom is 0.338 e. The van der Waals surface area contributed by atoms with Crippen molar-refractivity contribution in [3.63, 3.8) is 0 Å². The summed E-state index contributed by atoms with van der Waals surface area (Å²) in [7, 11) is 0. The molecule has 0 spiro atoms. The molecule has 2 unspecified atom stereocenters. The van der Waals surface area contributed by atoms with Crippen LogP contribution in [0.1, 0.15) is 60.7 Å². The smallest absolute Gasteiger partial charge is 0.338 e. The maximum absolute atomic E-state index is 13.7. The number of amides is 1. The quantitative estimate of drug-likeness (QED) is 0.0702. The fraction of sp³-hybridized carbons (Fsp3) is 0.262. The van der Waals surface area contributed by atoms with Crippen molar-refractivity contribution < 1.29 is 52.4 Å². The van der Waals surface area contributed by atoms with Gasteiger partial charge in [0.05, 0.1) is 28.8 Å². The fourth-order valence-corrected chi connectivity index (χ4v) is 5.49. The van der Waals surface area contributed by atoms with E-state index in [-0.39, 0.29) is 47.7 Å². The topological polar surface area (TPSA) is 153 Å². The number of carbonyl (C=O) groups excluding carboxylic acids is 5. The zero-order valence-corrected chi connectivity index (χ0v) is 29.2. The van der Waals surface area contributed by atoms with E-state index in [1.807, 2.05) is 0 Å². The predicted molar refractivity (Wildman–Crippen MR) is 194 cm³/mol. The van der Waals surface area contributed by atoms with Crippen LogP contribution in [0, 0.1) is 12.3 Å². The van der Waals surface area contributed by atoms with Gasteiger partial charge < -0.3 is 33.7 Å². The van der Waals surface area contributed by atoms with Crippen LogP contribution < -0.4 is 5.32 Å². The summed E-state index contributed by atoms with van der Waals surface area (Å²) in [5, 5.41) is 2.60. The van der Waals surface area contributed by atoms with Gasteiger partial charge in [0.25, 0.3) is 0 Å². The Morgan fingerprint density at radius 1 is 0.593 bits per heavy atom. The van der Waals surface area contributed by atoms with E-state index in [1.165, 1.54) is 36.4 Å². The first-order chi connectivity index (χ1) is 26.3. The lowest BCUT2D eigenvalue weighted by atomic mass is 9.97. The minimum Gasteiger partial charge on any atom is -0.459 e. The third-order valence-electron chi connectivity index (χ3n) is 8.21. The van der Waals surface area contributed by atoms with Gasteiger partial charge in [-0.25, -0.2) is 19.2 Å². The number of unbranched alkanes of at least 4 members (excludes halogenated alkanes) is 1. The summed E-state index contributed by atoms with van der Waals surface area (Å²) >= 11 is 0. The van der Waals surface area contributed by atoms with Gasteiger partial charge in [0, 0.05) is 13.0 Å². The van der Waals surface area contributed by atoms with Crippen LogP contribution in [0.25, 0.3) is 0 Å². The van der Waals surface area contributed by atoms with Gasteiger partial charge in [-0.1, -0.05) is 78.7 Å². The molecular weight excluding hydrogens is 694 g/mol. The highest BCUT2D eigenvalue weighted by Crippen LogP contribution is 2.32. The molecule has 12 heteroatoms. The number of carbonyl (C=O) groups is 5. The normalized spacial score (nSPS) is 19.0. The molecule has 0 aromatic heterocycles. The third kappa shape index (κ3) is 11.1. The van der Waals surface area contributed by atoms with Crippen LogP contribution in [0.4, 0.5) is 0 Å². The van der Waals surface area contributed by atoms with Gasteiger partial charge in [-0.3, -0.25) is 4.79 Å². The Morgan fingerprint density at radius 2 is 1.04 bits per heavy atom. The van der Waals surface area contributed by atoms with Crippen molar-refractivity contribution in [3.8, 4) is 12.3 Å². The number of nitrogens with one attached hydrogen (secondary N) is 1. The minimum absolute atomic E-state index is 0.0107. The van der Waals surface area contributed by atoms with Gasteiger partial charge in [0.15, 0.2) is 24.6 Å². The van der Waals surface area contributed by atoms with Crippen molar-refractivity contribution in [1.29, 1.82) is 0 Å². The van der Waals surface area contributed by atoms with Gasteiger partial charge in [0.1, 0.15) is 12.7 Å². The van der Waals surface area contributed by atoms with Crippen molar-refractivity contribution in [2.75, 3.05) is 19.8 Å². The Labute approximate surface area is 312 Å². The first-order valence-electron chi connectivity index (χ1n) is 17.3. The molecule has 0 radical (unpaired) electrons. The first kappa shape index (κ1) is 38.9. The second-order valence-corrected chi connectivity index (χ2v) is 12.0. The first-order valence-corrected chi connectivity index (χ1v) is 17.3. The van der Waals surface area contributed by atoms with Crippen molar-refractivity contribution in [2.45, 2.75) is 50.0 Å². The maximum atomic E-state index is 13.7. The molecule has 1 heterocycles. The van der Waals surface area contributed by atoms with Gasteiger partial charge in [0.2, 0.25) is 5.91 Å². The third-order valence-corrected chi connectivity index (χ3v) is 8.21. The lowest BCUT2D eigenvalue weighted by molar-refractivity contribution is -0.298. The molecule has 4 aromatic rings. The van der Waals surface area contributed by atoms with Crippen molar-refractivity contribution in [2.24, 2.45) is 0 Å². The molecule has 1 aliphatic rings. The summed E-state index contributed by atoms with van der Waals surface area (Å²) in [6.45, 7) is -0.361. The van der Waals surface area contributed by atoms with Crippen LogP contribution in [0.2, 0.25) is 0 Å². The van der Waals surface area contributed by atoms with E-state index < -0.39 is 61.2 Å². The van der Waals surface area contributed by atoms with E-state index in [1.54, 1.807) is 84.9 Å². The zero-order valence-electron chi connectivity index (χ0n) is 29.2. The van der Waals surface area contributed by atoms with Gasteiger partial charge in [-0.2, -0.15) is 0 Å². The number of benzene rings is 4. The Kier molecular flexibility index (Phi) is 14.5. The lowest BCUT2D eigenvalue weighted by Gasteiger charge is -2.44. The van der Waals surface area contributed by atoms with E-state index in [4.69, 9.17) is 34.8 Å². The molecule has 0 saturated carbocycles. The van der Waals surface area contributed by atoms with Crippen LogP contribution in [0.5, 0.6) is 0 Å². The summed E-state index contributed by atoms with van der Waals surface area (Å²) < 4.78 is 36.2. The molecular formula is C42H39NO11. The van der Waals surface area contributed by atoms with E-state index in [0.29, 0.717) is 12.8 Å². The summed E-state index contributed by atoms with van der Waals surface area (Å²) in [4.78, 5) is 66.1. The van der Waals surface area contributed by atoms with Crippen LogP contribution >= 0.6 is 0 Å². The monoisotopic (exact) mass is 733 g/mol. The number of ether oxygens (including phenoxy) is 6. The van der Waals surface area contributed by atoms with Gasteiger partial charge in [-0.15, -0.1) is 6.42 Å². The van der Waals surface area contributed by atoms with Crippen LogP contribution in [-0.2, 0) is 33.2 Å². The van der Waals surface area contributed by atoms with Crippen molar-refractivity contribution >= 4 is 29.8 Å². The Hall–Kier alpha value is -6.29. The number of hydrogen-bond donors (Lipinski definition) is 1. The second-order valence-electron chi connectivity index (χ2n) is 12.0. The molecule has 5 atom stereocenters. The van der Waals surface area contributed by atoms with E-state index >= 15 is 0 Å². The second kappa shape index (κ2) is 20.1. The van der Waals surface area contributed by atoms with Gasteiger partial charge >= 0.3 is 23.9 Å². The Bertz CT molecular complexity index is 1880. The highest BCUT2D eigenvalue weighted by atomic mass is 16.7. The Morgan fingerprint density at radius 3 is 1.52 bits per heavy atom. The molecule has 1 saturated heterocycles.